The van der Waals surface area contributed by atoms with Gasteiger partial charge in [0.2, 0.25) is 0 Å². The number of sulfonamides is 1. The number of carbonyl (C=O) groups is 1. The predicted molar refractivity (Wildman–Crippen MR) is 124 cm³/mol. The first-order valence-electron chi connectivity index (χ1n) is 9.93. The van der Waals surface area contributed by atoms with E-state index in [2.05, 4.69) is 10.0 Å². The van der Waals surface area contributed by atoms with E-state index in [-0.39, 0.29) is 16.7 Å². The molecule has 0 heterocycles. The number of anilines is 2. The molecular weight excluding hydrogens is 493 g/mol. The minimum absolute atomic E-state index is 0.00431. The van der Waals surface area contributed by atoms with Crippen molar-refractivity contribution in [2.75, 3.05) is 10.0 Å². The van der Waals surface area contributed by atoms with Crippen molar-refractivity contribution in [3.8, 4) is 5.75 Å². The lowest BCUT2D eigenvalue weighted by Gasteiger charge is -2.13. The van der Waals surface area contributed by atoms with Crippen molar-refractivity contribution in [3.05, 3.63) is 82.9 Å². The van der Waals surface area contributed by atoms with Crippen LogP contribution in [0.15, 0.2) is 71.6 Å². The van der Waals surface area contributed by atoms with Crippen LogP contribution in [0.3, 0.4) is 0 Å². The maximum absolute atomic E-state index is 13.0. The van der Waals surface area contributed by atoms with Gasteiger partial charge in [0.25, 0.3) is 15.9 Å². The van der Waals surface area contributed by atoms with Crippen LogP contribution in [0.1, 0.15) is 29.8 Å². The first-order valence-corrected chi connectivity index (χ1v) is 11.8. The third-order valence-corrected chi connectivity index (χ3v) is 6.16. The number of halogens is 4. The molecule has 34 heavy (non-hydrogen) atoms. The second-order valence-electron chi connectivity index (χ2n) is 7.47. The van der Waals surface area contributed by atoms with E-state index in [1.165, 1.54) is 24.3 Å². The zero-order valence-corrected chi connectivity index (χ0v) is 19.6. The normalized spacial score (nSPS) is 11.9. The van der Waals surface area contributed by atoms with E-state index in [1.807, 2.05) is 13.8 Å². The van der Waals surface area contributed by atoms with Gasteiger partial charge in [0.15, 0.2) is 0 Å². The number of benzene rings is 3. The minimum Gasteiger partial charge on any atom is -0.491 e. The molecule has 0 bridgehead atoms. The van der Waals surface area contributed by atoms with Crippen LogP contribution in [-0.2, 0) is 16.2 Å². The summed E-state index contributed by atoms with van der Waals surface area (Å²) in [6, 6.07) is 14.4. The van der Waals surface area contributed by atoms with Gasteiger partial charge in [-0.05, 0) is 80.6 Å². The van der Waals surface area contributed by atoms with Gasteiger partial charge in [-0.1, -0.05) is 11.6 Å². The number of carbonyl (C=O) groups excluding carboxylic acids is 1. The molecule has 1 amide bonds. The maximum atomic E-state index is 13.0. The molecule has 180 valence electrons. The second kappa shape index (κ2) is 9.94. The van der Waals surface area contributed by atoms with Crippen LogP contribution in [0.4, 0.5) is 24.5 Å². The van der Waals surface area contributed by atoms with Gasteiger partial charge in [-0.15, -0.1) is 0 Å². The average Bonchev–Trinajstić information content (AvgIpc) is 2.74. The molecule has 0 unspecified atom stereocenters. The molecule has 0 atom stereocenters. The minimum atomic E-state index is -4.74. The summed E-state index contributed by atoms with van der Waals surface area (Å²) in [5.41, 5.74) is -0.745. The molecule has 3 aromatic rings. The third-order valence-electron chi connectivity index (χ3n) is 4.43. The highest BCUT2D eigenvalue weighted by Crippen LogP contribution is 2.36. The SMILES string of the molecule is CC(C)Oc1ccc(C(=O)Nc2ccc(S(=O)(=O)Nc3ccc(Cl)c(C(F)(F)F)c3)cc2)cc1. The zero-order chi connectivity index (χ0) is 25.1. The highest BCUT2D eigenvalue weighted by atomic mass is 35.5. The summed E-state index contributed by atoms with van der Waals surface area (Å²) in [4.78, 5) is 12.2. The Bertz CT molecular complexity index is 1280. The lowest BCUT2D eigenvalue weighted by atomic mass is 10.2. The Labute approximate surface area is 199 Å². The monoisotopic (exact) mass is 512 g/mol. The molecule has 0 saturated carbocycles. The largest absolute Gasteiger partial charge is 0.491 e. The standard InChI is InChI=1S/C23H20ClF3N2O4S/c1-14(2)33-18-8-3-15(4-9-18)22(30)28-16-5-10-19(11-6-16)34(31,32)29-17-7-12-21(24)20(13-17)23(25,26)27/h3-14,29H,1-2H3,(H,28,30). The molecule has 0 spiro atoms. The van der Waals surface area contributed by atoms with Gasteiger partial charge < -0.3 is 10.1 Å². The number of nitrogens with one attached hydrogen (secondary N) is 2. The van der Waals surface area contributed by atoms with E-state index in [4.69, 9.17) is 16.3 Å². The Hall–Kier alpha value is -3.24. The van der Waals surface area contributed by atoms with Crippen LogP contribution in [0.5, 0.6) is 5.75 Å². The van der Waals surface area contributed by atoms with Crippen molar-refractivity contribution >= 4 is 38.9 Å². The Morgan fingerprint density at radius 1 is 0.941 bits per heavy atom. The van der Waals surface area contributed by atoms with Crippen molar-refractivity contribution in [2.45, 2.75) is 31.0 Å². The number of hydrogen-bond donors (Lipinski definition) is 2. The van der Waals surface area contributed by atoms with Gasteiger partial charge in [-0.2, -0.15) is 13.2 Å². The van der Waals surface area contributed by atoms with E-state index in [0.29, 0.717) is 23.1 Å². The fourth-order valence-electron chi connectivity index (χ4n) is 2.90. The van der Waals surface area contributed by atoms with Crippen LogP contribution in [0.25, 0.3) is 0 Å². The molecule has 0 aromatic heterocycles. The molecule has 0 aliphatic carbocycles. The van der Waals surface area contributed by atoms with E-state index in [0.717, 1.165) is 12.1 Å². The van der Waals surface area contributed by atoms with Crippen molar-refractivity contribution < 1.29 is 31.1 Å². The Balaban J connectivity index is 1.70. The molecule has 0 saturated heterocycles. The van der Waals surface area contributed by atoms with Gasteiger partial charge >= 0.3 is 6.18 Å². The molecular formula is C23H20ClF3N2O4S. The first-order chi connectivity index (χ1) is 15.8. The number of amides is 1. The molecule has 0 radical (unpaired) electrons. The Kier molecular flexibility index (Phi) is 7.42. The lowest BCUT2D eigenvalue weighted by Crippen LogP contribution is -2.15. The molecule has 2 N–H and O–H groups in total. The van der Waals surface area contributed by atoms with E-state index in [1.54, 1.807) is 24.3 Å². The summed E-state index contributed by atoms with van der Waals surface area (Å²) >= 11 is 5.56. The van der Waals surface area contributed by atoms with Crippen LogP contribution in [-0.4, -0.2) is 20.4 Å². The van der Waals surface area contributed by atoms with Crippen LogP contribution < -0.4 is 14.8 Å². The lowest BCUT2D eigenvalue weighted by molar-refractivity contribution is -0.137. The van der Waals surface area contributed by atoms with E-state index < -0.39 is 32.7 Å². The van der Waals surface area contributed by atoms with Crippen molar-refractivity contribution in [3.63, 3.8) is 0 Å². The first kappa shape index (κ1) is 25.4. The second-order valence-corrected chi connectivity index (χ2v) is 9.56. The van der Waals surface area contributed by atoms with Crippen LogP contribution in [0, 0.1) is 0 Å². The van der Waals surface area contributed by atoms with E-state index in [9.17, 15) is 26.4 Å². The van der Waals surface area contributed by atoms with Crippen LogP contribution >= 0.6 is 11.6 Å². The van der Waals surface area contributed by atoms with Crippen LogP contribution in [0.2, 0.25) is 5.02 Å². The molecule has 11 heteroatoms. The topological polar surface area (TPSA) is 84.5 Å². The van der Waals surface area contributed by atoms with Gasteiger partial charge in [0.1, 0.15) is 5.75 Å². The predicted octanol–water partition coefficient (Wildman–Crippen LogP) is 6.20. The summed E-state index contributed by atoms with van der Waals surface area (Å²) in [6.45, 7) is 3.77. The van der Waals surface area contributed by atoms with Crippen molar-refractivity contribution in [1.82, 2.24) is 0 Å². The molecule has 0 fully saturated rings. The number of hydrogen-bond acceptors (Lipinski definition) is 4. The van der Waals surface area contributed by atoms with Crippen molar-refractivity contribution in [1.29, 1.82) is 0 Å². The van der Waals surface area contributed by atoms with Gasteiger partial charge in [0.05, 0.1) is 21.6 Å². The van der Waals surface area contributed by atoms with Gasteiger partial charge in [0, 0.05) is 16.9 Å². The molecule has 0 aliphatic heterocycles. The number of rotatable bonds is 7. The molecule has 6 nitrogen and oxygen atoms in total. The quantitative estimate of drug-likeness (QED) is 0.395. The Morgan fingerprint density at radius 2 is 1.53 bits per heavy atom. The van der Waals surface area contributed by atoms with Crippen molar-refractivity contribution in [2.24, 2.45) is 0 Å². The average molecular weight is 513 g/mol. The number of ether oxygens (including phenoxy) is 1. The summed E-state index contributed by atoms with van der Waals surface area (Å²) in [5, 5.41) is 2.10. The molecule has 3 rings (SSSR count). The smallest absolute Gasteiger partial charge is 0.417 e. The maximum Gasteiger partial charge on any atom is 0.417 e. The molecule has 0 aliphatic rings. The fourth-order valence-corrected chi connectivity index (χ4v) is 4.17. The van der Waals surface area contributed by atoms with Gasteiger partial charge in [-0.3, -0.25) is 9.52 Å². The van der Waals surface area contributed by atoms with Gasteiger partial charge in [-0.25, -0.2) is 8.42 Å². The Morgan fingerprint density at radius 3 is 2.09 bits per heavy atom. The zero-order valence-electron chi connectivity index (χ0n) is 18.0. The summed E-state index contributed by atoms with van der Waals surface area (Å²) in [5.74, 6) is 0.210. The molecule has 3 aromatic carbocycles. The summed E-state index contributed by atoms with van der Waals surface area (Å²) in [7, 11) is -4.19. The van der Waals surface area contributed by atoms with E-state index >= 15 is 0 Å². The number of alkyl halides is 3. The third kappa shape index (κ3) is 6.42. The summed E-state index contributed by atoms with van der Waals surface area (Å²) in [6.07, 6.45) is -4.74. The summed E-state index contributed by atoms with van der Waals surface area (Å²) < 4.78 is 71.9. The highest BCUT2D eigenvalue weighted by Gasteiger charge is 2.33. The highest BCUT2D eigenvalue weighted by molar-refractivity contribution is 7.92. The fraction of sp³-hybridized carbons (Fsp3) is 0.174.